The molecular weight excluding hydrogens is 280 g/mol. The molecular formula is C13H19BrN2O. The van der Waals surface area contributed by atoms with Gasteiger partial charge in [-0.3, -0.25) is 9.88 Å². The minimum Gasteiger partial charge on any atom is -0.497 e. The molecule has 17 heavy (non-hydrogen) atoms. The first-order valence-corrected chi connectivity index (χ1v) is 7.16. The molecule has 1 aromatic rings. The second-order valence-corrected chi connectivity index (χ2v) is 5.21. The Labute approximate surface area is 111 Å². The fraction of sp³-hybridized carbons (Fsp3) is 0.615. The van der Waals surface area contributed by atoms with E-state index in [9.17, 15) is 0 Å². The number of alkyl halides is 1. The van der Waals surface area contributed by atoms with Crippen molar-refractivity contribution in [1.29, 1.82) is 0 Å². The highest BCUT2D eigenvalue weighted by atomic mass is 79.9. The third-order valence-electron chi connectivity index (χ3n) is 3.26. The molecule has 3 nitrogen and oxygen atoms in total. The van der Waals surface area contributed by atoms with Gasteiger partial charge < -0.3 is 4.74 Å². The largest absolute Gasteiger partial charge is 0.497 e. The van der Waals surface area contributed by atoms with Crippen LogP contribution >= 0.6 is 15.9 Å². The van der Waals surface area contributed by atoms with Crippen LogP contribution in [0, 0.1) is 6.92 Å². The first-order valence-electron chi connectivity index (χ1n) is 6.04. The molecule has 0 saturated carbocycles. The maximum Gasteiger partial charge on any atom is 0.122 e. The van der Waals surface area contributed by atoms with E-state index in [4.69, 9.17) is 4.74 Å². The summed E-state index contributed by atoms with van der Waals surface area (Å²) in [5.74, 6) is 0.905. The van der Waals surface area contributed by atoms with Gasteiger partial charge in [0.25, 0.3) is 0 Å². The van der Waals surface area contributed by atoms with Gasteiger partial charge in [-0.05, 0) is 26.3 Å². The predicted molar refractivity (Wildman–Crippen MR) is 72.8 cm³/mol. The van der Waals surface area contributed by atoms with Gasteiger partial charge in [-0.1, -0.05) is 15.9 Å². The highest BCUT2D eigenvalue weighted by Gasteiger charge is 2.23. The summed E-state index contributed by atoms with van der Waals surface area (Å²) in [6, 6.07) is 4.66. The fourth-order valence-corrected chi connectivity index (χ4v) is 3.12. The van der Waals surface area contributed by atoms with E-state index in [-0.39, 0.29) is 0 Å². The van der Waals surface area contributed by atoms with Crippen molar-refractivity contribution in [3.8, 4) is 5.75 Å². The normalized spacial score (nSPS) is 20.8. The summed E-state index contributed by atoms with van der Waals surface area (Å²) >= 11 is 3.59. The molecule has 1 fully saturated rings. The van der Waals surface area contributed by atoms with Gasteiger partial charge in [0.1, 0.15) is 5.75 Å². The average molecular weight is 299 g/mol. The number of ether oxygens (including phenoxy) is 1. The quantitative estimate of drug-likeness (QED) is 0.799. The molecule has 1 saturated heterocycles. The SMILES string of the molecule is COc1cc(C)nc(CN2CCCC2CBr)c1. The van der Waals surface area contributed by atoms with E-state index in [1.165, 1.54) is 19.4 Å². The molecule has 0 spiro atoms. The summed E-state index contributed by atoms with van der Waals surface area (Å²) in [6.45, 7) is 4.11. The van der Waals surface area contributed by atoms with Crippen molar-refractivity contribution in [3.63, 3.8) is 0 Å². The van der Waals surface area contributed by atoms with Crippen LogP contribution in [0.5, 0.6) is 5.75 Å². The number of rotatable bonds is 4. The number of halogens is 1. The Morgan fingerprint density at radius 3 is 3.06 bits per heavy atom. The van der Waals surface area contributed by atoms with Gasteiger partial charge in [-0.15, -0.1) is 0 Å². The molecule has 94 valence electrons. The van der Waals surface area contributed by atoms with E-state index < -0.39 is 0 Å². The molecule has 0 bridgehead atoms. The van der Waals surface area contributed by atoms with E-state index in [0.29, 0.717) is 6.04 Å². The number of methoxy groups -OCH3 is 1. The molecule has 0 aromatic carbocycles. The van der Waals surface area contributed by atoms with Crippen LogP contribution in [0.25, 0.3) is 0 Å². The molecule has 4 heteroatoms. The highest BCUT2D eigenvalue weighted by molar-refractivity contribution is 9.09. The number of hydrogen-bond donors (Lipinski definition) is 0. The maximum absolute atomic E-state index is 5.29. The van der Waals surface area contributed by atoms with Gasteiger partial charge in [0.15, 0.2) is 0 Å². The molecule has 0 aliphatic carbocycles. The number of pyridine rings is 1. The Kier molecular flexibility index (Phi) is 4.40. The lowest BCUT2D eigenvalue weighted by Crippen LogP contribution is -2.30. The standard InChI is InChI=1S/C13H19BrN2O/c1-10-6-13(17-2)7-11(15-10)9-16-5-3-4-12(16)8-14/h6-7,12H,3-5,8-9H2,1-2H3. The van der Waals surface area contributed by atoms with Gasteiger partial charge in [0.05, 0.1) is 12.8 Å². The Hall–Kier alpha value is -0.610. The lowest BCUT2D eigenvalue weighted by molar-refractivity contribution is 0.261. The van der Waals surface area contributed by atoms with Gasteiger partial charge in [0.2, 0.25) is 0 Å². The summed E-state index contributed by atoms with van der Waals surface area (Å²) in [5.41, 5.74) is 2.13. The zero-order chi connectivity index (χ0) is 12.3. The second kappa shape index (κ2) is 5.83. The van der Waals surface area contributed by atoms with E-state index in [2.05, 4.69) is 25.8 Å². The Morgan fingerprint density at radius 1 is 1.53 bits per heavy atom. The maximum atomic E-state index is 5.29. The first kappa shape index (κ1) is 12.8. The molecule has 1 atom stereocenters. The van der Waals surface area contributed by atoms with Gasteiger partial charge in [-0.2, -0.15) is 0 Å². The van der Waals surface area contributed by atoms with Crippen LogP contribution in [-0.4, -0.2) is 34.9 Å². The Balaban J connectivity index is 2.09. The minimum atomic E-state index is 0.656. The minimum absolute atomic E-state index is 0.656. The number of hydrogen-bond acceptors (Lipinski definition) is 3. The number of nitrogens with zero attached hydrogens (tertiary/aromatic N) is 2. The van der Waals surface area contributed by atoms with Crippen LogP contribution < -0.4 is 4.74 Å². The second-order valence-electron chi connectivity index (χ2n) is 4.56. The summed E-state index contributed by atoms with van der Waals surface area (Å²) < 4.78 is 5.29. The lowest BCUT2D eigenvalue weighted by Gasteiger charge is -2.22. The Bertz CT molecular complexity index is 384. The predicted octanol–water partition coefficient (Wildman–Crippen LogP) is 2.76. The van der Waals surface area contributed by atoms with Crippen LogP contribution in [0.4, 0.5) is 0 Å². The summed E-state index contributed by atoms with van der Waals surface area (Å²) in [5, 5.41) is 1.05. The van der Waals surface area contributed by atoms with Gasteiger partial charge in [-0.25, -0.2) is 0 Å². The number of likely N-dealkylation sites (tertiary alicyclic amines) is 1. The van der Waals surface area contributed by atoms with Crippen molar-refractivity contribution in [2.24, 2.45) is 0 Å². The van der Waals surface area contributed by atoms with Crippen molar-refractivity contribution in [1.82, 2.24) is 9.88 Å². The number of aromatic nitrogens is 1. The highest BCUT2D eigenvalue weighted by Crippen LogP contribution is 2.22. The smallest absolute Gasteiger partial charge is 0.122 e. The molecule has 1 unspecified atom stereocenters. The van der Waals surface area contributed by atoms with Crippen molar-refractivity contribution >= 4 is 15.9 Å². The van der Waals surface area contributed by atoms with E-state index >= 15 is 0 Å². The van der Waals surface area contributed by atoms with Gasteiger partial charge in [0, 0.05) is 35.7 Å². The summed E-state index contributed by atoms with van der Waals surface area (Å²) in [7, 11) is 1.70. The van der Waals surface area contributed by atoms with Crippen LogP contribution in [0.3, 0.4) is 0 Å². The van der Waals surface area contributed by atoms with E-state index in [0.717, 1.165) is 29.0 Å². The molecule has 0 N–H and O–H groups in total. The summed E-state index contributed by atoms with van der Waals surface area (Å²) in [6.07, 6.45) is 2.58. The van der Waals surface area contributed by atoms with Crippen LogP contribution in [0.15, 0.2) is 12.1 Å². The molecule has 2 heterocycles. The zero-order valence-electron chi connectivity index (χ0n) is 10.4. The van der Waals surface area contributed by atoms with Crippen LogP contribution in [-0.2, 0) is 6.54 Å². The van der Waals surface area contributed by atoms with Gasteiger partial charge >= 0.3 is 0 Å². The molecule has 0 radical (unpaired) electrons. The molecule has 1 aromatic heterocycles. The fourth-order valence-electron chi connectivity index (χ4n) is 2.39. The molecule has 1 aliphatic rings. The van der Waals surface area contributed by atoms with Crippen LogP contribution in [0.1, 0.15) is 24.2 Å². The average Bonchev–Trinajstić information content (AvgIpc) is 2.75. The van der Waals surface area contributed by atoms with Crippen molar-refractivity contribution in [3.05, 3.63) is 23.5 Å². The molecule has 2 rings (SSSR count). The molecule has 1 aliphatic heterocycles. The topological polar surface area (TPSA) is 25.4 Å². The first-order chi connectivity index (χ1) is 8.22. The Morgan fingerprint density at radius 2 is 2.35 bits per heavy atom. The van der Waals surface area contributed by atoms with Crippen molar-refractivity contribution in [2.75, 3.05) is 19.0 Å². The monoisotopic (exact) mass is 298 g/mol. The van der Waals surface area contributed by atoms with E-state index in [1.807, 2.05) is 19.1 Å². The summed E-state index contributed by atoms with van der Waals surface area (Å²) in [4.78, 5) is 7.07. The van der Waals surface area contributed by atoms with Crippen molar-refractivity contribution < 1.29 is 4.74 Å². The zero-order valence-corrected chi connectivity index (χ0v) is 12.0. The lowest BCUT2D eigenvalue weighted by atomic mass is 10.2. The van der Waals surface area contributed by atoms with Crippen molar-refractivity contribution in [2.45, 2.75) is 32.4 Å². The third-order valence-corrected chi connectivity index (χ3v) is 4.01. The molecule has 0 amide bonds. The van der Waals surface area contributed by atoms with E-state index in [1.54, 1.807) is 7.11 Å². The third kappa shape index (κ3) is 3.19. The van der Waals surface area contributed by atoms with Crippen LogP contribution in [0.2, 0.25) is 0 Å². The number of aryl methyl sites for hydroxylation is 1.